The molecule has 0 heterocycles. The van der Waals surface area contributed by atoms with E-state index >= 15 is 0 Å². The van der Waals surface area contributed by atoms with E-state index in [0.29, 0.717) is 5.92 Å². The molecular formula is C20H29NO4S. The van der Waals surface area contributed by atoms with Gasteiger partial charge in [-0.05, 0) is 30.4 Å². The molecule has 0 aliphatic rings. The van der Waals surface area contributed by atoms with Gasteiger partial charge in [0, 0.05) is 12.7 Å². The van der Waals surface area contributed by atoms with Gasteiger partial charge < -0.3 is 10.1 Å². The molecule has 1 rings (SSSR count). The van der Waals surface area contributed by atoms with Crippen LogP contribution in [0.4, 0.5) is 0 Å². The predicted octanol–water partition coefficient (Wildman–Crippen LogP) is 3.32. The average Bonchev–Trinajstić information content (AvgIpc) is 2.57. The van der Waals surface area contributed by atoms with Crippen LogP contribution in [-0.2, 0) is 25.5 Å². The smallest absolute Gasteiger partial charge is 0.329 e. The second-order valence-corrected chi connectivity index (χ2v) is 7.72. The number of hydrogen-bond acceptors (Lipinski definition) is 5. The number of rotatable bonds is 9. The molecule has 1 unspecified atom stereocenters. The second kappa shape index (κ2) is 11.0. The van der Waals surface area contributed by atoms with Crippen LogP contribution in [0.3, 0.4) is 0 Å². The Morgan fingerprint density at radius 3 is 2.23 bits per heavy atom. The van der Waals surface area contributed by atoms with Crippen LogP contribution in [-0.4, -0.2) is 35.4 Å². The fraction of sp³-hybridized carbons (Fsp3) is 0.550. The number of carbonyl (C=O) groups excluding carboxylic acids is 3. The molecule has 0 bridgehead atoms. The normalized spacial score (nSPS) is 13.2. The molecule has 0 fully saturated rings. The van der Waals surface area contributed by atoms with Crippen LogP contribution >= 0.6 is 11.8 Å². The van der Waals surface area contributed by atoms with E-state index in [9.17, 15) is 14.4 Å². The van der Waals surface area contributed by atoms with Crippen molar-refractivity contribution >= 4 is 28.8 Å². The summed E-state index contributed by atoms with van der Waals surface area (Å²) in [5.74, 6) is -0.386. The number of hydrogen-bond donors (Lipinski definition) is 1. The zero-order valence-corrected chi connectivity index (χ0v) is 17.0. The zero-order valence-electron chi connectivity index (χ0n) is 16.2. The molecule has 0 aliphatic heterocycles. The fourth-order valence-electron chi connectivity index (χ4n) is 2.50. The minimum Gasteiger partial charge on any atom is -0.464 e. The molecule has 2 atom stereocenters. The summed E-state index contributed by atoms with van der Waals surface area (Å²) in [6, 6.07) is 7.27. The first kappa shape index (κ1) is 22.2. The average molecular weight is 380 g/mol. The number of benzene rings is 1. The molecule has 1 aromatic carbocycles. The Kier molecular flexibility index (Phi) is 9.41. The van der Waals surface area contributed by atoms with Gasteiger partial charge in [0.15, 0.2) is 5.12 Å². The van der Waals surface area contributed by atoms with Gasteiger partial charge in [0.2, 0.25) is 5.91 Å². The maximum absolute atomic E-state index is 12.5. The lowest BCUT2D eigenvalue weighted by Gasteiger charge is -2.17. The van der Waals surface area contributed by atoms with E-state index in [-0.39, 0.29) is 29.3 Å². The highest BCUT2D eigenvalue weighted by atomic mass is 32.2. The summed E-state index contributed by atoms with van der Waals surface area (Å²) in [5, 5.41) is 2.50. The third kappa shape index (κ3) is 7.60. The lowest BCUT2D eigenvalue weighted by atomic mass is 9.97. The van der Waals surface area contributed by atoms with E-state index in [1.165, 1.54) is 12.5 Å². The standard InChI is InChI=1S/C20H29NO4S/c1-6-25-19(23)18(21-15(5)22)12-26-20(24)14(4)17-9-7-16(8-10-17)11-13(2)3/h7-10,13-14,18H,6,11-12H2,1-5H3,(H,21,22)/t14?,18-/m1/s1. The van der Waals surface area contributed by atoms with Crippen LogP contribution in [0.15, 0.2) is 24.3 Å². The van der Waals surface area contributed by atoms with Crippen LogP contribution in [0.2, 0.25) is 0 Å². The van der Waals surface area contributed by atoms with Crippen molar-refractivity contribution < 1.29 is 19.1 Å². The van der Waals surface area contributed by atoms with Crippen LogP contribution in [0.1, 0.15) is 51.7 Å². The molecule has 0 radical (unpaired) electrons. The van der Waals surface area contributed by atoms with Gasteiger partial charge in [-0.2, -0.15) is 0 Å². The maximum atomic E-state index is 12.5. The van der Waals surface area contributed by atoms with Gasteiger partial charge in [0.25, 0.3) is 0 Å². The van der Waals surface area contributed by atoms with E-state index in [1.54, 1.807) is 6.92 Å². The van der Waals surface area contributed by atoms with Gasteiger partial charge in [0.05, 0.1) is 12.5 Å². The first-order valence-corrected chi connectivity index (χ1v) is 9.92. The summed E-state index contributed by atoms with van der Waals surface area (Å²) in [5.41, 5.74) is 2.20. The quantitative estimate of drug-likeness (QED) is 0.667. The molecule has 1 N–H and O–H groups in total. The lowest BCUT2D eigenvalue weighted by molar-refractivity contribution is -0.146. The van der Waals surface area contributed by atoms with Crippen LogP contribution in [0, 0.1) is 5.92 Å². The SMILES string of the molecule is CCOC(=O)[C@@H](CSC(=O)C(C)c1ccc(CC(C)C)cc1)NC(C)=O. The molecule has 144 valence electrons. The van der Waals surface area contributed by atoms with Crippen molar-refractivity contribution in [1.29, 1.82) is 0 Å². The molecule has 0 aliphatic carbocycles. The van der Waals surface area contributed by atoms with Crippen LogP contribution in [0.5, 0.6) is 0 Å². The molecule has 5 nitrogen and oxygen atoms in total. The lowest BCUT2D eigenvalue weighted by Crippen LogP contribution is -2.43. The third-order valence-electron chi connectivity index (χ3n) is 3.82. The van der Waals surface area contributed by atoms with Crippen LogP contribution < -0.4 is 5.32 Å². The van der Waals surface area contributed by atoms with E-state index < -0.39 is 12.0 Å². The topological polar surface area (TPSA) is 72.5 Å². The fourth-order valence-corrected chi connectivity index (χ4v) is 3.43. The van der Waals surface area contributed by atoms with Gasteiger partial charge in [-0.25, -0.2) is 4.79 Å². The Bertz CT molecular complexity index is 613. The minimum atomic E-state index is -0.818. The minimum absolute atomic E-state index is 0.0405. The molecule has 1 amide bonds. The molecule has 0 saturated heterocycles. The number of carbonyl (C=O) groups is 3. The van der Waals surface area contributed by atoms with Crippen molar-refractivity contribution in [3.8, 4) is 0 Å². The predicted molar refractivity (Wildman–Crippen MR) is 105 cm³/mol. The van der Waals surface area contributed by atoms with Crippen molar-refractivity contribution in [2.75, 3.05) is 12.4 Å². The van der Waals surface area contributed by atoms with E-state index in [2.05, 4.69) is 31.3 Å². The largest absolute Gasteiger partial charge is 0.464 e. The summed E-state index contributed by atoms with van der Waals surface area (Å²) >= 11 is 1.04. The highest BCUT2D eigenvalue weighted by molar-refractivity contribution is 8.13. The summed E-state index contributed by atoms with van der Waals surface area (Å²) in [7, 11) is 0. The van der Waals surface area contributed by atoms with Crippen molar-refractivity contribution in [3.63, 3.8) is 0 Å². The van der Waals surface area contributed by atoms with Gasteiger partial charge in [-0.1, -0.05) is 56.8 Å². The van der Waals surface area contributed by atoms with Gasteiger partial charge >= 0.3 is 5.97 Å². The molecule has 0 aromatic heterocycles. The maximum Gasteiger partial charge on any atom is 0.329 e. The zero-order chi connectivity index (χ0) is 19.7. The van der Waals surface area contributed by atoms with Crippen molar-refractivity contribution in [3.05, 3.63) is 35.4 Å². The summed E-state index contributed by atoms with van der Waals surface area (Å²) in [4.78, 5) is 35.6. The van der Waals surface area contributed by atoms with Crippen molar-refractivity contribution in [2.24, 2.45) is 5.92 Å². The van der Waals surface area contributed by atoms with E-state index in [0.717, 1.165) is 23.7 Å². The molecule has 26 heavy (non-hydrogen) atoms. The number of amides is 1. The molecule has 0 saturated carbocycles. The van der Waals surface area contributed by atoms with E-state index in [4.69, 9.17) is 4.74 Å². The first-order valence-electron chi connectivity index (χ1n) is 8.93. The van der Waals surface area contributed by atoms with Crippen LogP contribution in [0.25, 0.3) is 0 Å². The Morgan fingerprint density at radius 1 is 1.12 bits per heavy atom. The summed E-state index contributed by atoms with van der Waals surface area (Å²) in [6.07, 6.45) is 1.01. The number of nitrogens with one attached hydrogen (secondary N) is 1. The number of ether oxygens (including phenoxy) is 1. The van der Waals surface area contributed by atoms with Crippen molar-refractivity contribution in [1.82, 2.24) is 5.32 Å². The molecular weight excluding hydrogens is 350 g/mol. The monoisotopic (exact) mass is 379 g/mol. The first-order chi connectivity index (χ1) is 12.2. The van der Waals surface area contributed by atoms with Crippen molar-refractivity contribution in [2.45, 2.75) is 53.0 Å². The second-order valence-electron chi connectivity index (χ2n) is 6.70. The third-order valence-corrected chi connectivity index (χ3v) is 4.96. The Balaban J connectivity index is 2.66. The summed E-state index contributed by atoms with van der Waals surface area (Å²) < 4.78 is 4.95. The molecule has 6 heteroatoms. The van der Waals surface area contributed by atoms with Gasteiger partial charge in [-0.15, -0.1) is 0 Å². The Labute approximate surface area is 160 Å². The Morgan fingerprint density at radius 2 is 1.73 bits per heavy atom. The summed E-state index contributed by atoms with van der Waals surface area (Å²) in [6.45, 7) is 9.46. The number of thioether (sulfide) groups is 1. The highest BCUT2D eigenvalue weighted by Gasteiger charge is 2.24. The van der Waals surface area contributed by atoms with Gasteiger partial charge in [-0.3, -0.25) is 9.59 Å². The molecule has 0 spiro atoms. The molecule has 1 aromatic rings. The Hall–Kier alpha value is -1.82. The number of esters is 1. The van der Waals surface area contributed by atoms with Gasteiger partial charge in [0.1, 0.15) is 6.04 Å². The van der Waals surface area contributed by atoms with E-state index in [1.807, 2.05) is 19.1 Å². The highest BCUT2D eigenvalue weighted by Crippen LogP contribution is 2.24.